The maximum absolute atomic E-state index is 12.8. The fraction of sp³-hybridized carbons (Fsp3) is 0.730. The van der Waals surface area contributed by atoms with Gasteiger partial charge in [0, 0.05) is 19.3 Å². The number of ether oxygens (including phenoxy) is 3. The Morgan fingerprint density at radius 2 is 0.565 bits per heavy atom. The molecule has 0 rings (SSSR count). The van der Waals surface area contributed by atoms with Crippen LogP contribution in [0.4, 0.5) is 0 Å². The summed E-state index contributed by atoms with van der Waals surface area (Å²) < 4.78 is 16.8. The van der Waals surface area contributed by atoms with Crippen molar-refractivity contribution in [3.63, 3.8) is 0 Å². The van der Waals surface area contributed by atoms with E-state index < -0.39 is 6.10 Å². The van der Waals surface area contributed by atoms with Crippen LogP contribution in [-0.4, -0.2) is 37.2 Å². The van der Waals surface area contributed by atoms with Gasteiger partial charge in [0.25, 0.3) is 0 Å². The lowest BCUT2D eigenvalue weighted by Crippen LogP contribution is -2.30. The predicted molar refractivity (Wildman–Crippen MR) is 297 cm³/mol. The van der Waals surface area contributed by atoms with Crippen LogP contribution in [0, 0.1) is 0 Å². The molecule has 0 radical (unpaired) electrons. The molecule has 0 heterocycles. The Bertz CT molecular complexity index is 1330. The molecule has 0 aliphatic heterocycles. The van der Waals surface area contributed by atoms with Gasteiger partial charge >= 0.3 is 17.9 Å². The lowest BCUT2D eigenvalue weighted by molar-refractivity contribution is -0.167. The van der Waals surface area contributed by atoms with Gasteiger partial charge in [0.15, 0.2) is 6.10 Å². The van der Waals surface area contributed by atoms with Gasteiger partial charge in [0.1, 0.15) is 13.2 Å². The number of hydrogen-bond acceptors (Lipinski definition) is 6. The minimum Gasteiger partial charge on any atom is -0.462 e. The van der Waals surface area contributed by atoms with Crippen LogP contribution < -0.4 is 0 Å². The second-order valence-corrected chi connectivity index (χ2v) is 19.2. The van der Waals surface area contributed by atoms with Crippen molar-refractivity contribution < 1.29 is 28.6 Å². The van der Waals surface area contributed by atoms with Crippen molar-refractivity contribution >= 4 is 17.9 Å². The van der Waals surface area contributed by atoms with Crippen molar-refractivity contribution in [3.8, 4) is 0 Å². The first kappa shape index (κ1) is 65.6. The van der Waals surface area contributed by atoms with E-state index >= 15 is 0 Å². The molecule has 396 valence electrons. The SMILES string of the molecule is CC/C=C\C/C=C\C/C=C\C/C=C\C/C=C\CCCCCCCCCCCC(=O)OCC(COC(=O)CCCCCCCCCCCCC)OC(=O)CCCCCCC/C=C\C/C=C\CCCCC. The molecule has 0 aromatic heterocycles. The molecular weight excluding hydrogens is 853 g/mol. The van der Waals surface area contributed by atoms with E-state index in [0.717, 1.165) is 122 Å². The smallest absolute Gasteiger partial charge is 0.306 e. The van der Waals surface area contributed by atoms with Gasteiger partial charge in [0.05, 0.1) is 0 Å². The molecule has 0 saturated heterocycles. The average molecular weight is 962 g/mol. The van der Waals surface area contributed by atoms with E-state index in [0.29, 0.717) is 19.3 Å². The van der Waals surface area contributed by atoms with Crippen molar-refractivity contribution in [1.29, 1.82) is 0 Å². The molecule has 0 N–H and O–H groups in total. The first-order valence-corrected chi connectivity index (χ1v) is 29.1. The Morgan fingerprint density at radius 1 is 0.304 bits per heavy atom. The van der Waals surface area contributed by atoms with Crippen LogP contribution >= 0.6 is 0 Å². The van der Waals surface area contributed by atoms with Gasteiger partial charge in [-0.05, 0) is 96.3 Å². The standard InChI is InChI=1S/C63H108O6/c1-4-7-10-13-16-19-22-24-26-27-28-29-30-31-32-33-34-35-37-38-41-44-47-50-53-56-62(65)68-59-60(58-67-61(64)55-52-49-46-43-40-21-18-15-12-9-6-3)69-63(66)57-54-51-48-45-42-39-36-25-23-20-17-14-11-8-5-2/h7,10,16-17,19-20,24-26,28-29,31-32,36,60H,4-6,8-9,11-15,18,21-23,27,30,33-35,37-59H2,1-3H3/b10-7-,19-16-,20-17-,26-24-,29-28-,32-31-,36-25-. The predicted octanol–water partition coefficient (Wildman–Crippen LogP) is 19.5. The Morgan fingerprint density at radius 3 is 0.913 bits per heavy atom. The summed E-state index contributed by atoms with van der Waals surface area (Å²) in [6.45, 7) is 6.49. The molecule has 1 atom stereocenters. The molecule has 0 aromatic rings. The summed E-state index contributed by atoms with van der Waals surface area (Å²) in [5.74, 6) is -0.897. The first-order valence-electron chi connectivity index (χ1n) is 29.1. The summed E-state index contributed by atoms with van der Waals surface area (Å²) in [5, 5.41) is 0. The average Bonchev–Trinajstić information content (AvgIpc) is 3.35. The van der Waals surface area contributed by atoms with Crippen LogP contribution in [0.1, 0.15) is 278 Å². The molecule has 0 spiro atoms. The molecule has 0 aliphatic rings. The van der Waals surface area contributed by atoms with Crippen LogP contribution in [0.2, 0.25) is 0 Å². The van der Waals surface area contributed by atoms with Crippen molar-refractivity contribution in [2.45, 2.75) is 284 Å². The monoisotopic (exact) mass is 961 g/mol. The third kappa shape index (κ3) is 55.4. The quantitative estimate of drug-likeness (QED) is 0.0262. The molecule has 0 bridgehead atoms. The lowest BCUT2D eigenvalue weighted by Gasteiger charge is -2.18. The highest BCUT2D eigenvalue weighted by Gasteiger charge is 2.19. The Balaban J connectivity index is 4.30. The second kappa shape index (κ2) is 57.2. The van der Waals surface area contributed by atoms with Gasteiger partial charge in [0.2, 0.25) is 0 Å². The maximum atomic E-state index is 12.8. The van der Waals surface area contributed by atoms with Crippen molar-refractivity contribution in [1.82, 2.24) is 0 Å². The Labute approximate surface area is 426 Å². The Hall–Kier alpha value is -3.41. The Kier molecular flexibility index (Phi) is 54.3. The second-order valence-electron chi connectivity index (χ2n) is 19.2. The summed E-state index contributed by atoms with van der Waals surface area (Å²) in [4.78, 5) is 38.1. The minimum atomic E-state index is -0.784. The van der Waals surface area contributed by atoms with Crippen LogP contribution in [0.25, 0.3) is 0 Å². The lowest BCUT2D eigenvalue weighted by atomic mass is 10.1. The normalized spacial score (nSPS) is 12.7. The van der Waals surface area contributed by atoms with Gasteiger partial charge in [-0.25, -0.2) is 0 Å². The van der Waals surface area contributed by atoms with Gasteiger partial charge in [-0.3, -0.25) is 14.4 Å². The zero-order valence-electron chi connectivity index (χ0n) is 45.3. The van der Waals surface area contributed by atoms with Crippen LogP contribution in [0.5, 0.6) is 0 Å². The van der Waals surface area contributed by atoms with Gasteiger partial charge in [-0.1, -0.05) is 247 Å². The number of allylic oxidation sites excluding steroid dienone is 14. The van der Waals surface area contributed by atoms with E-state index in [4.69, 9.17) is 14.2 Å². The largest absolute Gasteiger partial charge is 0.462 e. The molecule has 0 amide bonds. The number of carbonyl (C=O) groups is 3. The molecule has 0 aliphatic carbocycles. The number of unbranched alkanes of at least 4 members (excludes halogenated alkanes) is 27. The summed E-state index contributed by atoms with van der Waals surface area (Å²) in [5.41, 5.74) is 0. The van der Waals surface area contributed by atoms with E-state index in [9.17, 15) is 14.4 Å². The summed E-state index contributed by atoms with van der Waals surface area (Å²) in [6.07, 6.45) is 74.3. The minimum absolute atomic E-state index is 0.0819. The fourth-order valence-electron chi connectivity index (χ4n) is 8.03. The van der Waals surface area contributed by atoms with Gasteiger partial charge < -0.3 is 14.2 Å². The van der Waals surface area contributed by atoms with E-state index in [1.807, 2.05) is 0 Å². The number of esters is 3. The van der Waals surface area contributed by atoms with E-state index in [1.54, 1.807) is 0 Å². The van der Waals surface area contributed by atoms with Crippen LogP contribution in [0.15, 0.2) is 85.1 Å². The van der Waals surface area contributed by atoms with E-state index in [2.05, 4.69) is 106 Å². The third-order valence-corrected chi connectivity index (χ3v) is 12.4. The van der Waals surface area contributed by atoms with Crippen molar-refractivity contribution in [2.24, 2.45) is 0 Å². The van der Waals surface area contributed by atoms with Crippen molar-refractivity contribution in [3.05, 3.63) is 85.1 Å². The summed E-state index contributed by atoms with van der Waals surface area (Å²) in [6, 6.07) is 0. The molecule has 6 nitrogen and oxygen atoms in total. The molecule has 0 aromatic carbocycles. The van der Waals surface area contributed by atoms with Crippen molar-refractivity contribution in [2.75, 3.05) is 13.2 Å². The van der Waals surface area contributed by atoms with Gasteiger partial charge in [-0.15, -0.1) is 0 Å². The molecule has 6 heteroatoms. The van der Waals surface area contributed by atoms with Crippen LogP contribution in [0.3, 0.4) is 0 Å². The zero-order valence-corrected chi connectivity index (χ0v) is 45.3. The van der Waals surface area contributed by atoms with Gasteiger partial charge in [-0.2, -0.15) is 0 Å². The molecule has 0 fully saturated rings. The first-order chi connectivity index (χ1) is 34.0. The number of rotatable bonds is 52. The van der Waals surface area contributed by atoms with E-state index in [-0.39, 0.29) is 31.1 Å². The van der Waals surface area contributed by atoms with Crippen LogP contribution in [-0.2, 0) is 28.6 Å². The number of hydrogen-bond donors (Lipinski definition) is 0. The number of carbonyl (C=O) groups excluding carboxylic acids is 3. The molecule has 1 unspecified atom stereocenters. The fourth-order valence-corrected chi connectivity index (χ4v) is 8.03. The molecule has 0 saturated carbocycles. The highest BCUT2D eigenvalue weighted by Crippen LogP contribution is 2.15. The molecular formula is C63H108O6. The third-order valence-electron chi connectivity index (χ3n) is 12.4. The zero-order chi connectivity index (χ0) is 50.0. The topological polar surface area (TPSA) is 78.9 Å². The highest BCUT2D eigenvalue weighted by molar-refractivity contribution is 5.71. The highest BCUT2D eigenvalue weighted by atomic mass is 16.6. The summed E-state index contributed by atoms with van der Waals surface area (Å²) in [7, 11) is 0. The van der Waals surface area contributed by atoms with E-state index in [1.165, 1.54) is 116 Å². The summed E-state index contributed by atoms with van der Waals surface area (Å²) >= 11 is 0. The maximum Gasteiger partial charge on any atom is 0.306 e. The molecule has 69 heavy (non-hydrogen) atoms.